The third kappa shape index (κ3) is 4.99. The maximum absolute atomic E-state index is 12.6. The highest BCUT2D eigenvalue weighted by molar-refractivity contribution is 7.99. The van der Waals surface area contributed by atoms with Crippen molar-refractivity contribution in [1.82, 2.24) is 14.8 Å². The number of hydrogen-bond donors (Lipinski definition) is 1. The molecule has 33 heavy (non-hydrogen) atoms. The minimum atomic E-state index is -0.363. The number of methoxy groups -OCH3 is 1. The molecule has 1 unspecified atom stereocenters. The van der Waals surface area contributed by atoms with Crippen molar-refractivity contribution in [3.05, 3.63) is 46.1 Å². The van der Waals surface area contributed by atoms with E-state index in [1.165, 1.54) is 28.0 Å². The molecule has 0 bridgehead atoms. The van der Waals surface area contributed by atoms with E-state index in [-0.39, 0.29) is 17.8 Å². The van der Waals surface area contributed by atoms with Gasteiger partial charge in [-0.3, -0.25) is 4.79 Å². The van der Waals surface area contributed by atoms with Crippen molar-refractivity contribution >= 4 is 34.0 Å². The molecule has 3 aromatic rings. The average molecular weight is 484 g/mol. The summed E-state index contributed by atoms with van der Waals surface area (Å²) in [5, 5.41) is 22.2. The Kier molecular flexibility index (Phi) is 7.20. The summed E-state index contributed by atoms with van der Waals surface area (Å²) in [4.78, 5) is 13.8. The minimum Gasteiger partial charge on any atom is -0.493 e. The first kappa shape index (κ1) is 23.1. The number of benzene rings is 1. The second-order valence-electron chi connectivity index (χ2n) is 7.67. The monoisotopic (exact) mass is 483 g/mol. The van der Waals surface area contributed by atoms with Crippen molar-refractivity contribution in [3.63, 3.8) is 0 Å². The zero-order valence-electron chi connectivity index (χ0n) is 18.8. The van der Waals surface area contributed by atoms with E-state index in [0.717, 1.165) is 31.2 Å². The molecule has 1 aromatic carbocycles. The predicted molar refractivity (Wildman–Crippen MR) is 128 cm³/mol. The zero-order valence-corrected chi connectivity index (χ0v) is 20.4. The molecule has 1 aliphatic rings. The van der Waals surface area contributed by atoms with E-state index in [1.807, 2.05) is 42.8 Å². The van der Waals surface area contributed by atoms with Crippen molar-refractivity contribution in [1.29, 1.82) is 5.26 Å². The molecule has 1 aliphatic carbocycles. The van der Waals surface area contributed by atoms with E-state index in [4.69, 9.17) is 9.47 Å². The molecule has 8 nitrogen and oxygen atoms in total. The molecule has 0 spiro atoms. The molecule has 1 atom stereocenters. The number of hydrogen-bond acceptors (Lipinski definition) is 8. The van der Waals surface area contributed by atoms with Gasteiger partial charge < -0.3 is 19.4 Å². The van der Waals surface area contributed by atoms with Crippen LogP contribution < -0.4 is 14.8 Å². The quantitative estimate of drug-likeness (QED) is 0.470. The summed E-state index contributed by atoms with van der Waals surface area (Å²) in [6.45, 7) is 1.89. The Balaban J connectivity index is 1.38. The lowest BCUT2D eigenvalue weighted by Gasteiger charge is -2.16. The van der Waals surface area contributed by atoms with Gasteiger partial charge in [0, 0.05) is 11.9 Å². The third-order valence-electron chi connectivity index (χ3n) is 5.47. The topological polar surface area (TPSA) is 102 Å². The number of carbonyl (C=O) groups is 1. The molecule has 0 radical (unpaired) electrons. The zero-order chi connectivity index (χ0) is 23.4. The van der Waals surface area contributed by atoms with Crippen molar-refractivity contribution in [3.8, 4) is 17.6 Å². The third-order valence-corrected chi connectivity index (χ3v) is 7.70. The number of nitriles is 1. The van der Waals surface area contributed by atoms with Gasteiger partial charge >= 0.3 is 0 Å². The maximum Gasteiger partial charge on any atom is 0.235 e. The minimum absolute atomic E-state index is 0.168. The number of aryl methyl sites for hydroxylation is 1. The SMILES string of the molecule is COc1ccccc1OC(C)c1nnc(SCC(=O)Nc2sc3c(c2C#N)CCCC3)n1C. The van der Waals surface area contributed by atoms with E-state index in [2.05, 4.69) is 21.6 Å². The molecule has 172 valence electrons. The van der Waals surface area contributed by atoms with Gasteiger partial charge in [0.25, 0.3) is 0 Å². The molecule has 10 heteroatoms. The first-order chi connectivity index (χ1) is 16.0. The normalized spacial score (nSPS) is 13.6. The number of carbonyl (C=O) groups excluding carboxylic acids is 1. The van der Waals surface area contributed by atoms with E-state index < -0.39 is 0 Å². The summed E-state index contributed by atoms with van der Waals surface area (Å²) in [6, 6.07) is 9.70. The van der Waals surface area contributed by atoms with E-state index in [0.29, 0.717) is 33.0 Å². The number of anilines is 1. The Morgan fingerprint density at radius 2 is 2.06 bits per heavy atom. The van der Waals surface area contributed by atoms with Crippen molar-refractivity contribution < 1.29 is 14.3 Å². The van der Waals surface area contributed by atoms with Crippen LogP contribution in [0.15, 0.2) is 29.4 Å². The van der Waals surface area contributed by atoms with Gasteiger partial charge in [0.05, 0.1) is 18.4 Å². The van der Waals surface area contributed by atoms with Crippen LogP contribution in [0.25, 0.3) is 0 Å². The van der Waals surface area contributed by atoms with E-state index in [9.17, 15) is 10.1 Å². The molecule has 2 heterocycles. The molecule has 1 N–H and O–H groups in total. The van der Waals surface area contributed by atoms with Crippen LogP contribution in [0.3, 0.4) is 0 Å². The van der Waals surface area contributed by atoms with Crippen molar-refractivity contribution in [2.45, 2.75) is 43.9 Å². The Morgan fingerprint density at radius 1 is 1.30 bits per heavy atom. The van der Waals surface area contributed by atoms with Crippen LogP contribution in [0.4, 0.5) is 5.00 Å². The number of para-hydroxylation sites is 2. The number of rotatable bonds is 8. The van der Waals surface area contributed by atoms with Gasteiger partial charge in [0.15, 0.2) is 28.6 Å². The van der Waals surface area contributed by atoms with Gasteiger partial charge in [0.1, 0.15) is 11.1 Å². The summed E-state index contributed by atoms with van der Waals surface area (Å²) in [5.41, 5.74) is 1.73. The Bertz CT molecular complexity index is 1200. The molecular formula is C23H25N5O3S2. The highest BCUT2D eigenvalue weighted by Crippen LogP contribution is 2.37. The Hall–Kier alpha value is -3.03. The molecule has 2 aromatic heterocycles. The number of nitrogens with zero attached hydrogens (tertiary/aromatic N) is 4. The number of fused-ring (bicyclic) bond motifs is 1. The summed E-state index contributed by atoms with van der Waals surface area (Å²) in [6.07, 6.45) is 3.76. The average Bonchev–Trinajstić information content (AvgIpc) is 3.37. The first-order valence-corrected chi connectivity index (χ1v) is 12.5. The second kappa shape index (κ2) is 10.3. The number of amides is 1. The van der Waals surface area contributed by atoms with Gasteiger partial charge in [-0.05, 0) is 50.3 Å². The van der Waals surface area contributed by atoms with Gasteiger partial charge in [0.2, 0.25) is 5.91 Å². The molecule has 1 amide bonds. The molecule has 0 saturated carbocycles. The van der Waals surface area contributed by atoms with Crippen LogP contribution in [-0.2, 0) is 24.7 Å². The predicted octanol–water partition coefficient (Wildman–Crippen LogP) is 4.51. The van der Waals surface area contributed by atoms with Gasteiger partial charge in [-0.15, -0.1) is 21.5 Å². The lowest BCUT2D eigenvalue weighted by molar-refractivity contribution is -0.113. The number of thiophene rings is 1. The highest BCUT2D eigenvalue weighted by Gasteiger charge is 2.23. The first-order valence-electron chi connectivity index (χ1n) is 10.7. The van der Waals surface area contributed by atoms with Crippen LogP contribution in [-0.4, -0.2) is 33.5 Å². The smallest absolute Gasteiger partial charge is 0.235 e. The fourth-order valence-corrected chi connectivity index (χ4v) is 5.80. The van der Waals surface area contributed by atoms with Crippen LogP contribution in [0.2, 0.25) is 0 Å². The second-order valence-corrected chi connectivity index (χ2v) is 9.72. The maximum atomic E-state index is 12.6. The van der Waals surface area contributed by atoms with E-state index in [1.54, 1.807) is 7.11 Å². The fourth-order valence-electron chi connectivity index (χ4n) is 3.83. The lowest BCUT2D eigenvalue weighted by atomic mass is 9.96. The van der Waals surface area contributed by atoms with Crippen LogP contribution in [0, 0.1) is 11.3 Å². The number of aromatic nitrogens is 3. The number of thioether (sulfide) groups is 1. The molecule has 0 aliphatic heterocycles. The van der Waals surface area contributed by atoms with Crippen LogP contribution in [0.5, 0.6) is 11.5 Å². The summed E-state index contributed by atoms with van der Waals surface area (Å²) >= 11 is 2.82. The largest absolute Gasteiger partial charge is 0.493 e. The highest BCUT2D eigenvalue weighted by atomic mass is 32.2. The van der Waals surface area contributed by atoms with Crippen LogP contribution in [0.1, 0.15) is 47.7 Å². The fraction of sp³-hybridized carbons (Fsp3) is 0.391. The van der Waals surface area contributed by atoms with E-state index >= 15 is 0 Å². The molecule has 0 saturated heterocycles. The van der Waals surface area contributed by atoms with Crippen LogP contribution >= 0.6 is 23.1 Å². The number of ether oxygens (including phenoxy) is 2. The lowest BCUT2D eigenvalue weighted by Crippen LogP contribution is -2.15. The van der Waals surface area contributed by atoms with Crippen molar-refractivity contribution in [2.24, 2.45) is 7.05 Å². The molecule has 4 rings (SSSR count). The number of nitrogens with one attached hydrogen (secondary N) is 1. The summed E-state index contributed by atoms with van der Waals surface area (Å²) < 4.78 is 13.2. The molecule has 0 fully saturated rings. The van der Waals surface area contributed by atoms with Crippen molar-refractivity contribution in [2.75, 3.05) is 18.2 Å². The summed E-state index contributed by atoms with van der Waals surface area (Å²) in [7, 11) is 3.44. The standard InChI is InChI=1S/C23H25N5O3S2/c1-14(31-18-10-6-5-9-17(18)30-3)21-26-27-23(28(21)2)32-13-20(29)25-22-16(12-24)15-8-4-7-11-19(15)33-22/h5-6,9-10,14H,4,7-8,11,13H2,1-3H3,(H,25,29). The van der Waals surface area contributed by atoms with Gasteiger partial charge in [-0.25, -0.2) is 0 Å². The summed E-state index contributed by atoms with van der Waals surface area (Å²) in [5.74, 6) is 1.90. The Labute approximate surface area is 200 Å². The molecular weight excluding hydrogens is 458 g/mol. The van der Waals surface area contributed by atoms with Gasteiger partial charge in [-0.2, -0.15) is 5.26 Å². The Morgan fingerprint density at radius 3 is 2.82 bits per heavy atom. The van der Waals surface area contributed by atoms with Gasteiger partial charge in [-0.1, -0.05) is 23.9 Å².